The lowest BCUT2D eigenvalue weighted by molar-refractivity contribution is 0.0190. The van der Waals surface area contributed by atoms with E-state index in [4.69, 9.17) is 9.15 Å². The summed E-state index contributed by atoms with van der Waals surface area (Å²) in [5.74, 6) is 1.99. The van der Waals surface area contributed by atoms with Gasteiger partial charge < -0.3 is 14.5 Å². The molecule has 1 aromatic heterocycles. The van der Waals surface area contributed by atoms with E-state index >= 15 is 0 Å². The highest BCUT2D eigenvalue weighted by atomic mass is 16.5. The molecule has 0 saturated carbocycles. The summed E-state index contributed by atoms with van der Waals surface area (Å²) in [6.45, 7) is 10.2. The van der Waals surface area contributed by atoms with Gasteiger partial charge in [-0.25, -0.2) is 0 Å². The molecule has 1 fully saturated rings. The molecule has 3 heteroatoms. The van der Waals surface area contributed by atoms with Gasteiger partial charge in [0.15, 0.2) is 0 Å². The molecular formula is C14H23NO2. The lowest BCUT2D eigenvalue weighted by atomic mass is 10.0. The minimum atomic E-state index is 0.0148. The molecule has 1 aliphatic rings. The van der Waals surface area contributed by atoms with Gasteiger partial charge in [-0.3, -0.25) is 0 Å². The minimum Gasteiger partial charge on any atom is -0.466 e. The van der Waals surface area contributed by atoms with Gasteiger partial charge in [-0.2, -0.15) is 0 Å². The number of nitrogens with one attached hydrogen (secondary N) is 1. The van der Waals surface area contributed by atoms with Crippen molar-refractivity contribution in [2.75, 3.05) is 13.2 Å². The van der Waals surface area contributed by atoms with Gasteiger partial charge in [0, 0.05) is 24.8 Å². The average Bonchev–Trinajstić information content (AvgIpc) is 2.83. The molecule has 2 rings (SSSR count). The van der Waals surface area contributed by atoms with Crippen LogP contribution >= 0.6 is 0 Å². The van der Waals surface area contributed by atoms with Crippen LogP contribution in [0.3, 0.4) is 0 Å². The van der Waals surface area contributed by atoms with E-state index in [2.05, 4.69) is 25.2 Å². The minimum absolute atomic E-state index is 0.0148. The highest BCUT2D eigenvalue weighted by Crippen LogP contribution is 2.26. The molecule has 0 radical (unpaired) electrons. The van der Waals surface area contributed by atoms with Gasteiger partial charge in [0.2, 0.25) is 0 Å². The first-order chi connectivity index (χ1) is 8.00. The van der Waals surface area contributed by atoms with E-state index in [0.29, 0.717) is 6.04 Å². The molecule has 2 atom stereocenters. The molecule has 3 nitrogen and oxygen atoms in total. The number of ether oxygens (including phenoxy) is 1. The third-order valence-electron chi connectivity index (χ3n) is 3.63. The maximum atomic E-state index is 5.78. The summed E-state index contributed by atoms with van der Waals surface area (Å²) in [7, 11) is 0. The number of hydrogen-bond donors (Lipinski definition) is 1. The highest BCUT2D eigenvalue weighted by molar-refractivity contribution is 5.23. The fraction of sp³-hybridized carbons (Fsp3) is 0.714. The van der Waals surface area contributed by atoms with Gasteiger partial charge in [0.1, 0.15) is 11.5 Å². The number of hydrogen-bond acceptors (Lipinski definition) is 3. The second-order valence-corrected chi connectivity index (χ2v) is 5.37. The van der Waals surface area contributed by atoms with Crippen molar-refractivity contribution in [3.63, 3.8) is 0 Å². The fourth-order valence-electron chi connectivity index (χ4n) is 2.54. The van der Waals surface area contributed by atoms with Crippen LogP contribution in [0.2, 0.25) is 0 Å². The highest BCUT2D eigenvalue weighted by Gasteiger charge is 2.30. The maximum absolute atomic E-state index is 5.78. The van der Waals surface area contributed by atoms with E-state index in [-0.39, 0.29) is 5.60 Å². The van der Waals surface area contributed by atoms with Gasteiger partial charge in [-0.05, 0) is 46.6 Å². The van der Waals surface area contributed by atoms with Gasteiger partial charge in [-0.1, -0.05) is 0 Å². The first-order valence-electron chi connectivity index (χ1n) is 6.44. The Balaban J connectivity index is 1.93. The van der Waals surface area contributed by atoms with Crippen molar-refractivity contribution in [1.29, 1.82) is 0 Å². The second kappa shape index (κ2) is 4.83. The van der Waals surface area contributed by atoms with E-state index in [0.717, 1.165) is 31.1 Å². The molecule has 1 aliphatic heterocycles. The topological polar surface area (TPSA) is 34.4 Å². The summed E-state index contributed by atoms with van der Waals surface area (Å²) in [4.78, 5) is 0. The summed E-state index contributed by atoms with van der Waals surface area (Å²) in [5.41, 5.74) is 1.27. The Bertz CT molecular complexity index is 378. The second-order valence-electron chi connectivity index (χ2n) is 5.37. The Morgan fingerprint density at radius 3 is 2.76 bits per heavy atom. The fourth-order valence-corrected chi connectivity index (χ4v) is 2.54. The van der Waals surface area contributed by atoms with Crippen LogP contribution in [0.15, 0.2) is 10.5 Å². The Morgan fingerprint density at radius 1 is 1.47 bits per heavy atom. The predicted octanol–water partition coefficient (Wildman–Crippen LogP) is 3.12. The zero-order valence-electron chi connectivity index (χ0n) is 11.3. The average molecular weight is 237 g/mol. The van der Waals surface area contributed by atoms with Crippen LogP contribution in [0.4, 0.5) is 0 Å². The summed E-state index contributed by atoms with van der Waals surface area (Å²) in [6.07, 6.45) is 2.33. The Morgan fingerprint density at radius 2 is 2.24 bits per heavy atom. The smallest absolute Gasteiger partial charge is 0.105 e. The Labute approximate surface area is 104 Å². The molecule has 17 heavy (non-hydrogen) atoms. The quantitative estimate of drug-likeness (QED) is 0.873. The normalized spacial score (nSPS) is 26.4. The van der Waals surface area contributed by atoms with Crippen LogP contribution < -0.4 is 5.32 Å². The lowest BCUT2D eigenvalue weighted by Crippen LogP contribution is -2.38. The van der Waals surface area contributed by atoms with E-state index in [1.165, 1.54) is 12.0 Å². The largest absolute Gasteiger partial charge is 0.466 e. The molecule has 1 saturated heterocycles. The summed E-state index contributed by atoms with van der Waals surface area (Å²) in [6, 6.07) is 2.43. The molecule has 2 unspecified atom stereocenters. The third-order valence-corrected chi connectivity index (χ3v) is 3.63. The molecule has 1 aromatic rings. The molecule has 0 aromatic carbocycles. The van der Waals surface area contributed by atoms with E-state index in [1.807, 2.05) is 13.8 Å². The van der Waals surface area contributed by atoms with Crippen LogP contribution in [0, 0.1) is 13.8 Å². The summed E-state index contributed by atoms with van der Waals surface area (Å²) >= 11 is 0. The molecular weight excluding hydrogens is 214 g/mol. The van der Waals surface area contributed by atoms with Crippen LogP contribution in [-0.4, -0.2) is 18.8 Å². The Kier molecular flexibility index (Phi) is 3.59. The van der Waals surface area contributed by atoms with Gasteiger partial charge in [0.25, 0.3) is 0 Å². The molecule has 1 N–H and O–H groups in total. The van der Waals surface area contributed by atoms with E-state index in [9.17, 15) is 0 Å². The SMILES string of the molecule is Cc1cc(C(C)NCC2(C)CCCO2)c(C)o1. The Hall–Kier alpha value is -0.800. The van der Waals surface area contributed by atoms with Crippen LogP contribution in [-0.2, 0) is 4.74 Å². The standard InChI is InChI=1S/C14H23NO2/c1-10-8-13(12(3)17-10)11(2)15-9-14(4)6-5-7-16-14/h8,11,15H,5-7,9H2,1-4H3. The van der Waals surface area contributed by atoms with Crippen molar-refractivity contribution in [3.05, 3.63) is 23.2 Å². The summed E-state index contributed by atoms with van der Waals surface area (Å²) < 4.78 is 11.3. The zero-order valence-corrected chi connectivity index (χ0v) is 11.3. The zero-order chi connectivity index (χ0) is 12.5. The molecule has 0 bridgehead atoms. The molecule has 2 heterocycles. The van der Waals surface area contributed by atoms with Crippen LogP contribution in [0.25, 0.3) is 0 Å². The molecule has 0 amide bonds. The van der Waals surface area contributed by atoms with Crippen LogP contribution in [0.1, 0.15) is 49.8 Å². The number of furan rings is 1. The number of rotatable bonds is 4. The lowest BCUT2D eigenvalue weighted by Gasteiger charge is -2.25. The van der Waals surface area contributed by atoms with Crippen molar-refractivity contribution in [2.24, 2.45) is 0 Å². The van der Waals surface area contributed by atoms with Crippen molar-refractivity contribution >= 4 is 0 Å². The number of aryl methyl sites for hydroxylation is 2. The molecule has 96 valence electrons. The van der Waals surface area contributed by atoms with E-state index < -0.39 is 0 Å². The van der Waals surface area contributed by atoms with E-state index in [1.54, 1.807) is 0 Å². The van der Waals surface area contributed by atoms with Crippen LogP contribution in [0.5, 0.6) is 0 Å². The van der Waals surface area contributed by atoms with Gasteiger partial charge in [-0.15, -0.1) is 0 Å². The van der Waals surface area contributed by atoms with Crippen molar-refractivity contribution in [1.82, 2.24) is 5.32 Å². The van der Waals surface area contributed by atoms with Gasteiger partial charge in [0.05, 0.1) is 5.60 Å². The van der Waals surface area contributed by atoms with Crippen molar-refractivity contribution in [3.8, 4) is 0 Å². The van der Waals surface area contributed by atoms with Crippen molar-refractivity contribution in [2.45, 2.75) is 52.2 Å². The predicted molar refractivity (Wildman–Crippen MR) is 68.2 cm³/mol. The maximum Gasteiger partial charge on any atom is 0.105 e. The summed E-state index contributed by atoms with van der Waals surface area (Å²) in [5, 5.41) is 3.55. The monoisotopic (exact) mass is 237 g/mol. The molecule has 0 spiro atoms. The van der Waals surface area contributed by atoms with Gasteiger partial charge >= 0.3 is 0 Å². The van der Waals surface area contributed by atoms with Crippen molar-refractivity contribution < 1.29 is 9.15 Å². The first-order valence-corrected chi connectivity index (χ1v) is 6.44. The molecule has 0 aliphatic carbocycles. The third kappa shape index (κ3) is 2.90. The first kappa shape index (κ1) is 12.7.